The second kappa shape index (κ2) is 7.33. The van der Waals surface area contributed by atoms with Crippen molar-refractivity contribution in [3.8, 4) is 11.5 Å². The molecule has 0 heterocycles. The summed E-state index contributed by atoms with van der Waals surface area (Å²) in [7, 11) is 0. The van der Waals surface area contributed by atoms with Crippen molar-refractivity contribution in [2.24, 2.45) is 0 Å². The van der Waals surface area contributed by atoms with Crippen molar-refractivity contribution in [1.82, 2.24) is 0 Å². The molecule has 0 aliphatic heterocycles. The second-order valence-corrected chi connectivity index (χ2v) is 4.61. The molecule has 2 aromatic rings. The third kappa shape index (κ3) is 4.84. The first kappa shape index (κ1) is 14.9. The van der Waals surface area contributed by atoms with Crippen LogP contribution < -0.4 is 14.8 Å². The number of benzene rings is 2. The molecule has 21 heavy (non-hydrogen) atoms. The number of aryl methyl sites for hydroxylation is 1. The number of rotatable bonds is 6. The van der Waals surface area contributed by atoms with Crippen LogP contribution in [-0.4, -0.2) is 19.1 Å². The van der Waals surface area contributed by atoms with Crippen molar-refractivity contribution >= 4 is 11.6 Å². The molecule has 0 saturated heterocycles. The zero-order valence-corrected chi connectivity index (χ0v) is 12.3. The standard InChI is InChI=1S/C17H19NO3/c1-3-20-15-8-5-9-16(11-15)21-12-17(19)18-14-7-4-6-13(2)10-14/h4-11H,3,12H2,1-2H3,(H,18,19). The molecular formula is C17H19NO3. The molecule has 0 saturated carbocycles. The van der Waals surface area contributed by atoms with E-state index in [1.165, 1.54) is 0 Å². The van der Waals surface area contributed by atoms with Crippen molar-refractivity contribution < 1.29 is 14.3 Å². The molecule has 0 spiro atoms. The molecule has 1 amide bonds. The summed E-state index contributed by atoms with van der Waals surface area (Å²) < 4.78 is 10.8. The quantitative estimate of drug-likeness (QED) is 0.884. The highest BCUT2D eigenvalue weighted by Gasteiger charge is 2.04. The number of amides is 1. The van der Waals surface area contributed by atoms with Gasteiger partial charge in [0, 0.05) is 11.8 Å². The van der Waals surface area contributed by atoms with Crippen LogP contribution in [0.25, 0.3) is 0 Å². The maximum absolute atomic E-state index is 11.8. The molecular weight excluding hydrogens is 266 g/mol. The Bertz CT molecular complexity index is 610. The van der Waals surface area contributed by atoms with E-state index < -0.39 is 0 Å². The van der Waals surface area contributed by atoms with Crippen molar-refractivity contribution in [3.63, 3.8) is 0 Å². The third-order valence-electron chi connectivity index (χ3n) is 2.79. The Morgan fingerprint density at radius 1 is 1.05 bits per heavy atom. The summed E-state index contributed by atoms with van der Waals surface area (Å²) >= 11 is 0. The second-order valence-electron chi connectivity index (χ2n) is 4.61. The highest BCUT2D eigenvalue weighted by Crippen LogP contribution is 2.19. The average Bonchev–Trinajstić information content (AvgIpc) is 2.46. The van der Waals surface area contributed by atoms with Crippen LogP contribution in [-0.2, 0) is 4.79 Å². The fourth-order valence-electron chi connectivity index (χ4n) is 1.89. The number of carbonyl (C=O) groups excluding carboxylic acids is 1. The van der Waals surface area contributed by atoms with E-state index in [-0.39, 0.29) is 12.5 Å². The largest absolute Gasteiger partial charge is 0.494 e. The van der Waals surface area contributed by atoms with Crippen molar-refractivity contribution in [2.75, 3.05) is 18.5 Å². The van der Waals surface area contributed by atoms with Gasteiger partial charge in [0.25, 0.3) is 5.91 Å². The Morgan fingerprint density at radius 3 is 2.48 bits per heavy atom. The molecule has 0 fully saturated rings. The first-order chi connectivity index (χ1) is 10.2. The van der Waals surface area contributed by atoms with E-state index >= 15 is 0 Å². The molecule has 0 atom stereocenters. The molecule has 1 N–H and O–H groups in total. The predicted octanol–water partition coefficient (Wildman–Crippen LogP) is 3.41. The van der Waals surface area contributed by atoms with Crippen LogP contribution in [0, 0.1) is 6.92 Å². The van der Waals surface area contributed by atoms with Crippen LogP contribution in [0.15, 0.2) is 48.5 Å². The van der Waals surface area contributed by atoms with Gasteiger partial charge in [-0.1, -0.05) is 18.2 Å². The van der Waals surface area contributed by atoms with Gasteiger partial charge in [-0.05, 0) is 43.7 Å². The number of nitrogens with one attached hydrogen (secondary N) is 1. The van der Waals surface area contributed by atoms with Crippen molar-refractivity contribution in [3.05, 3.63) is 54.1 Å². The molecule has 0 unspecified atom stereocenters. The maximum atomic E-state index is 11.8. The highest BCUT2D eigenvalue weighted by atomic mass is 16.5. The smallest absolute Gasteiger partial charge is 0.262 e. The maximum Gasteiger partial charge on any atom is 0.262 e. The van der Waals surface area contributed by atoms with Gasteiger partial charge in [0.1, 0.15) is 11.5 Å². The molecule has 4 nitrogen and oxygen atoms in total. The fourth-order valence-corrected chi connectivity index (χ4v) is 1.89. The SMILES string of the molecule is CCOc1cccc(OCC(=O)Nc2cccc(C)c2)c1. The topological polar surface area (TPSA) is 47.6 Å². The number of anilines is 1. The van der Waals surface area contributed by atoms with E-state index in [0.29, 0.717) is 12.4 Å². The summed E-state index contributed by atoms with van der Waals surface area (Å²) in [4.78, 5) is 11.8. The fraction of sp³-hybridized carbons (Fsp3) is 0.235. The van der Waals surface area contributed by atoms with Gasteiger partial charge in [-0.15, -0.1) is 0 Å². The molecule has 0 aromatic heterocycles. The Balaban J connectivity index is 1.87. The van der Waals surface area contributed by atoms with Crippen LogP contribution in [0.2, 0.25) is 0 Å². The molecule has 0 bridgehead atoms. The van der Waals surface area contributed by atoms with E-state index in [1.54, 1.807) is 12.1 Å². The summed E-state index contributed by atoms with van der Waals surface area (Å²) in [5, 5.41) is 2.80. The van der Waals surface area contributed by atoms with Gasteiger partial charge in [-0.2, -0.15) is 0 Å². The summed E-state index contributed by atoms with van der Waals surface area (Å²) in [6.07, 6.45) is 0. The Labute approximate surface area is 124 Å². The number of carbonyl (C=O) groups is 1. The summed E-state index contributed by atoms with van der Waals surface area (Å²) in [5.41, 5.74) is 1.87. The molecule has 0 radical (unpaired) electrons. The zero-order valence-electron chi connectivity index (χ0n) is 12.3. The minimum absolute atomic E-state index is 0.0382. The van der Waals surface area contributed by atoms with Crippen LogP contribution in [0.3, 0.4) is 0 Å². The van der Waals surface area contributed by atoms with E-state index in [9.17, 15) is 4.79 Å². The minimum Gasteiger partial charge on any atom is -0.494 e. The van der Waals surface area contributed by atoms with Gasteiger partial charge in [-0.3, -0.25) is 4.79 Å². The highest BCUT2D eigenvalue weighted by molar-refractivity contribution is 5.91. The van der Waals surface area contributed by atoms with E-state index in [1.807, 2.05) is 50.2 Å². The summed E-state index contributed by atoms with van der Waals surface area (Å²) in [6.45, 7) is 4.45. The van der Waals surface area contributed by atoms with E-state index in [4.69, 9.17) is 9.47 Å². The van der Waals surface area contributed by atoms with Gasteiger partial charge in [0.2, 0.25) is 0 Å². The number of hydrogen-bond acceptors (Lipinski definition) is 3. The first-order valence-electron chi connectivity index (χ1n) is 6.89. The molecule has 0 aliphatic carbocycles. The Kier molecular flexibility index (Phi) is 5.21. The van der Waals surface area contributed by atoms with Gasteiger partial charge in [-0.25, -0.2) is 0 Å². The number of hydrogen-bond donors (Lipinski definition) is 1. The van der Waals surface area contributed by atoms with Gasteiger partial charge in [0.05, 0.1) is 6.61 Å². The zero-order chi connectivity index (χ0) is 15.1. The van der Waals surface area contributed by atoms with Crippen LogP contribution in [0.4, 0.5) is 5.69 Å². The molecule has 4 heteroatoms. The van der Waals surface area contributed by atoms with Crippen LogP contribution in [0.1, 0.15) is 12.5 Å². The molecule has 0 aliphatic rings. The van der Waals surface area contributed by atoms with E-state index in [0.717, 1.165) is 17.0 Å². The Morgan fingerprint density at radius 2 is 1.76 bits per heavy atom. The van der Waals surface area contributed by atoms with Gasteiger partial charge in [0.15, 0.2) is 6.61 Å². The normalized spacial score (nSPS) is 10.0. The lowest BCUT2D eigenvalue weighted by Crippen LogP contribution is -2.20. The van der Waals surface area contributed by atoms with Crippen molar-refractivity contribution in [1.29, 1.82) is 0 Å². The minimum atomic E-state index is -0.192. The molecule has 2 aromatic carbocycles. The van der Waals surface area contributed by atoms with Gasteiger partial charge >= 0.3 is 0 Å². The monoisotopic (exact) mass is 285 g/mol. The Hall–Kier alpha value is -2.49. The van der Waals surface area contributed by atoms with Crippen molar-refractivity contribution in [2.45, 2.75) is 13.8 Å². The third-order valence-corrected chi connectivity index (χ3v) is 2.79. The summed E-state index contributed by atoms with van der Waals surface area (Å²) in [6, 6.07) is 14.9. The van der Waals surface area contributed by atoms with Crippen LogP contribution >= 0.6 is 0 Å². The summed E-state index contributed by atoms with van der Waals surface area (Å²) in [5.74, 6) is 1.15. The first-order valence-corrected chi connectivity index (χ1v) is 6.89. The number of ether oxygens (including phenoxy) is 2. The lowest BCUT2D eigenvalue weighted by molar-refractivity contribution is -0.118. The lowest BCUT2D eigenvalue weighted by atomic mass is 10.2. The average molecular weight is 285 g/mol. The van der Waals surface area contributed by atoms with Crippen LogP contribution in [0.5, 0.6) is 11.5 Å². The molecule has 2 rings (SSSR count). The molecule has 110 valence electrons. The van der Waals surface area contributed by atoms with Gasteiger partial charge < -0.3 is 14.8 Å². The lowest BCUT2D eigenvalue weighted by Gasteiger charge is -2.09. The van der Waals surface area contributed by atoms with E-state index in [2.05, 4.69) is 5.32 Å². The predicted molar refractivity (Wildman–Crippen MR) is 82.9 cm³/mol.